The predicted molar refractivity (Wildman–Crippen MR) is 67.6 cm³/mol. The van der Waals surface area contributed by atoms with Crippen LogP contribution in [0.5, 0.6) is 0 Å². The van der Waals surface area contributed by atoms with Gasteiger partial charge in [0, 0.05) is 5.69 Å². The van der Waals surface area contributed by atoms with E-state index in [1.165, 1.54) is 0 Å². The van der Waals surface area contributed by atoms with Gasteiger partial charge in [-0.15, -0.1) is 0 Å². The van der Waals surface area contributed by atoms with Gasteiger partial charge in [-0.3, -0.25) is 4.79 Å². The second-order valence-electron chi connectivity index (χ2n) is 5.20. The molecule has 0 saturated heterocycles. The van der Waals surface area contributed by atoms with Gasteiger partial charge in [-0.25, -0.2) is 0 Å². The molecule has 2 N–H and O–H groups in total. The Labute approximate surface area is 102 Å². The molecule has 1 aliphatic rings. The van der Waals surface area contributed by atoms with Gasteiger partial charge < -0.3 is 10.5 Å². The summed E-state index contributed by atoms with van der Waals surface area (Å²) in [5.74, 6) is 0.289. The van der Waals surface area contributed by atoms with Crippen molar-refractivity contribution in [3.8, 4) is 0 Å². The summed E-state index contributed by atoms with van der Waals surface area (Å²) in [6.45, 7) is 4.57. The number of carbonyl (C=O) groups excluding carboxylic acids is 1. The summed E-state index contributed by atoms with van der Waals surface area (Å²) in [4.78, 5) is 12.1. The molecular formula is C14H19NO2. The summed E-state index contributed by atoms with van der Waals surface area (Å²) < 4.78 is 5.35. The standard InChI is InChI=1S/C14H19NO2/c1-10(2)9-17-13(16)14(7-8-14)11-3-5-12(15)6-4-11/h3-6,10H,7-9,15H2,1-2H3. The van der Waals surface area contributed by atoms with Crippen LogP contribution in [0.15, 0.2) is 24.3 Å². The second kappa shape index (κ2) is 4.40. The van der Waals surface area contributed by atoms with E-state index >= 15 is 0 Å². The summed E-state index contributed by atoms with van der Waals surface area (Å²) >= 11 is 0. The minimum absolute atomic E-state index is 0.0871. The molecular weight excluding hydrogens is 214 g/mol. The van der Waals surface area contributed by atoms with Gasteiger partial charge in [-0.1, -0.05) is 26.0 Å². The van der Waals surface area contributed by atoms with Gasteiger partial charge in [0.25, 0.3) is 0 Å². The molecule has 92 valence electrons. The van der Waals surface area contributed by atoms with Gasteiger partial charge in [0.15, 0.2) is 0 Å². The SMILES string of the molecule is CC(C)COC(=O)C1(c2ccc(N)cc2)CC1. The third kappa shape index (κ3) is 2.43. The van der Waals surface area contributed by atoms with Crippen LogP contribution in [0.2, 0.25) is 0 Å². The van der Waals surface area contributed by atoms with Crippen molar-refractivity contribution in [3.63, 3.8) is 0 Å². The van der Waals surface area contributed by atoms with Crippen molar-refractivity contribution >= 4 is 11.7 Å². The van der Waals surface area contributed by atoms with E-state index in [9.17, 15) is 4.79 Å². The molecule has 0 amide bonds. The van der Waals surface area contributed by atoms with Crippen molar-refractivity contribution in [1.29, 1.82) is 0 Å². The number of nitrogens with two attached hydrogens (primary N) is 1. The Hall–Kier alpha value is -1.51. The van der Waals surface area contributed by atoms with E-state index in [1.54, 1.807) is 0 Å². The van der Waals surface area contributed by atoms with E-state index in [0.717, 1.165) is 24.1 Å². The minimum atomic E-state index is -0.386. The molecule has 0 aliphatic heterocycles. The molecule has 0 bridgehead atoms. The maximum atomic E-state index is 12.1. The third-order valence-corrected chi connectivity index (χ3v) is 3.15. The first kappa shape index (κ1) is 12.0. The van der Waals surface area contributed by atoms with Crippen LogP contribution in [0.1, 0.15) is 32.3 Å². The lowest BCUT2D eigenvalue weighted by molar-refractivity contribution is -0.147. The van der Waals surface area contributed by atoms with E-state index in [-0.39, 0.29) is 11.4 Å². The van der Waals surface area contributed by atoms with Crippen molar-refractivity contribution in [3.05, 3.63) is 29.8 Å². The second-order valence-corrected chi connectivity index (χ2v) is 5.20. The number of rotatable bonds is 4. The first-order chi connectivity index (χ1) is 8.04. The molecule has 0 aromatic heterocycles. The van der Waals surface area contributed by atoms with Gasteiger partial charge in [-0.05, 0) is 36.5 Å². The Morgan fingerprint density at radius 3 is 2.41 bits per heavy atom. The first-order valence-electron chi connectivity index (χ1n) is 6.08. The molecule has 0 radical (unpaired) electrons. The molecule has 1 fully saturated rings. The summed E-state index contributed by atoms with van der Waals surface area (Å²) in [6.07, 6.45) is 1.77. The molecule has 1 aromatic rings. The highest BCUT2D eigenvalue weighted by Gasteiger charge is 2.52. The van der Waals surface area contributed by atoms with E-state index in [2.05, 4.69) is 0 Å². The lowest BCUT2D eigenvalue weighted by atomic mass is 9.96. The number of anilines is 1. The number of nitrogen functional groups attached to an aromatic ring is 1. The van der Waals surface area contributed by atoms with Gasteiger partial charge >= 0.3 is 5.97 Å². The molecule has 3 heteroatoms. The summed E-state index contributed by atoms with van der Waals surface area (Å²) in [6, 6.07) is 7.54. The van der Waals surface area contributed by atoms with Gasteiger partial charge in [0.05, 0.1) is 12.0 Å². The third-order valence-electron chi connectivity index (χ3n) is 3.15. The number of hydrogen-bond acceptors (Lipinski definition) is 3. The summed E-state index contributed by atoms with van der Waals surface area (Å²) in [5, 5.41) is 0. The lowest BCUT2D eigenvalue weighted by Gasteiger charge is -2.16. The smallest absolute Gasteiger partial charge is 0.316 e. The minimum Gasteiger partial charge on any atom is -0.465 e. The van der Waals surface area contributed by atoms with E-state index in [4.69, 9.17) is 10.5 Å². The summed E-state index contributed by atoms with van der Waals surface area (Å²) in [7, 11) is 0. The van der Waals surface area contributed by atoms with Gasteiger partial charge in [0.2, 0.25) is 0 Å². The zero-order valence-corrected chi connectivity index (χ0v) is 10.4. The molecule has 1 aromatic carbocycles. The van der Waals surface area contributed by atoms with Crippen molar-refractivity contribution in [1.82, 2.24) is 0 Å². The first-order valence-corrected chi connectivity index (χ1v) is 6.08. The maximum Gasteiger partial charge on any atom is 0.316 e. The van der Waals surface area contributed by atoms with Crippen LogP contribution >= 0.6 is 0 Å². The number of ether oxygens (including phenoxy) is 1. The monoisotopic (exact) mass is 233 g/mol. The fraction of sp³-hybridized carbons (Fsp3) is 0.500. The van der Waals surface area contributed by atoms with E-state index in [0.29, 0.717) is 12.5 Å². The van der Waals surface area contributed by atoms with Crippen LogP contribution in [-0.2, 0) is 14.9 Å². The molecule has 3 nitrogen and oxygen atoms in total. The number of benzene rings is 1. The molecule has 17 heavy (non-hydrogen) atoms. The van der Waals surface area contributed by atoms with Crippen LogP contribution in [0.25, 0.3) is 0 Å². The van der Waals surface area contributed by atoms with Crippen molar-refractivity contribution in [2.75, 3.05) is 12.3 Å². The Balaban J connectivity index is 2.08. The largest absolute Gasteiger partial charge is 0.465 e. The number of esters is 1. The fourth-order valence-electron chi connectivity index (χ4n) is 1.92. The zero-order chi connectivity index (χ0) is 12.5. The van der Waals surface area contributed by atoms with Gasteiger partial charge in [-0.2, -0.15) is 0 Å². The van der Waals surface area contributed by atoms with Gasteiger partial charge in [0.1, 0.15) is 0 Å². The lowest BCUT2D eigenvalue weighted by Crippen LogP contribution is -2.24. The maximum absolute atomic E-state index is 12.1. The number of carbonyl (C=O) groups is 1. The molecule has 0 unspecified atom stereocenters. The van der Waals surface area contributed by atoms with Crippen LogP contribution in [0.4, 0.5) is 5.69 Å². The fourth-order valence-corrected chi connectivity index (χ4v) is 1.92. The zero-order valence-electron chi connectivity index (χ0n) is 10.4. The summed E-state index contributed by atoms with van der Waals surface area (Å²) in [5.41, 5.74) is 7.01. The normalized spacial score (nSPS) is 16.9. The highest BCUT2D eigenvalue weighted by atomic mass is 16.5. The topological polar surface area (TPSA) is 52.3 Å². The van der Waals surface area contributed by atoms with Crippen LogP contribution in [0, 0.1) is 5.92 Å². The Kier molecular flexibility index (Phi) is 3.09. The highest BCUT2D eigenvalue weighted by Crippen LogP contribution is 2.49. The van der Waals surface area contributed by atoms with E-state index < -0.39 is 0 Å². The number of hydrogen-bond donors (Lipinski definition) is 1. The van der Waals surface area contributed by atoms with Crippen LogP contribution in [-0.4, -0.2) is 12.6 Å². The Bertz CT molecular complexity index is 405. The molecule has 0 heterocycles. The van der Waals surface area contributed by atoms with E-state index in [1.807, 2.05) is 38.1 Å². The average molecular weight is 233 g/mol. The molecule has 2 rings (SSSR count). The van der Waals surface area contributed by atoms with Crippen molar-refractivity contribution in [2.45, 2.75) is 32.1 Å². The molecule has 0 atom stereocenters. The Morgan fingerprint density at radius 2 is 1.94 bits per heavy atom. The quantitative estimate of drug-likeness (QED) is 0.642. The average Bonchev–Trinajstić information content (AvgIpc) is 3.08. The highest BCUT2D eigenvalue weighted by molar-refractivity contribution is 5.86. The molecule has 1 aliphatic carbocycles. The van der Waals surface area contributed by atoms with Crippen LogP contribution < -0.4 is 5.73 Å². The van der Waals surface area contributed by atoms with Crippen molar-refractivity contribution < 1.29 is 9.53 Å². The molecule has 1 saturated carbocycles. The molecule has 0 spiro atoms. The van der Waals surface area contributed by atoms with Crippen LogP contribution in [0.3, 0.4) is 0 Å². The predicted octanol–water partition coefficient (Wildman–Crippen LogP) is 2.50. The van der Waals surface area contributed by atoms with Crippen molar-refractivity contribution in [2.24, 2.45) is 5.92 Å². The Morgan fingerprint density at radius 1 is 1.35 bits per heavy atom.